The number of hydrogen-bond acceptors (Lipinski definition) is 0. The molecule has 1 rings (SSSR count). The first-order valence-electron chi connectivity index (χ1n) is 8.09. The van der Waals surface area contributed by atoms with Crippen molar-refractivity contribution in [1.29, 1.82) is 0 Å². The molecule has 2 radical (unpaired) electrons. The molecule has 0 aliphatic carbocycles. The maximum absolute atomic E-state index is 4.50. The molecule has 0 fully saturated rings. The highest BCUT2D eigenvalue weighted by molar-refractivity contribution is 6.05. The summed E-state index contributed by atoms with van der Waals surface area (Å²) in [5.74, 6) is 0. The third-order valence-corrected chi connectivity index (χ3v) is 2.71. The van der Waals surface area contributed by atoms with Crippen LogP contribution >= 0.6 is 0 Å². The first-order valence-corrected chi connectivity index (χ1v) is 8.09. The van der Waals surface area contributed by atoms with Crippen molar-refractivity contribution < 1.29 is 0 Å². The van der Waals surface area contributed by atoms with E-state index in [0.29, 0.717) is 5.41 Å². The second-order valence-corrected chi connectivity index (χ2v) is 5.79. The van der Waals surface area contributed by atoms with E-state index >= 15 is 0 Å². The molecule has 1 heteroatoms. The van der Waals surface area contributed by atoms with Crippen LogP contribution < -0.4 is 0 Å². The van der Waals surface area contributed by atoms with E-state index in [0.717, 1.165) is 12.0 Å². The molecule has 0 aliphatic rings. The zero-order valence-corrected chi connectivity index (χ0v) is 15.6. The summed E-state index contributed by atoms with van der Waals surface area (Å²) in [5.41, 5.74) is 4.11. The van der Waals surface area contributed by atoms with Crippen LogP contribution in [0.25, 0.3) is 5.57 Å². The Kier molecular flexibility index (Phi) is 13.7. The summed E-state index contributed by atoms with van der Waals surface area (Å²) < 4.78 is 0. The first-order chi connectivity index (χ1) is 10.5. The monoisotopic (exact) mass is 296 g/mol. The zero-order chi connectivity index (χ0) is 17.6. The highest BCUT2D eigenvalue weighted by Crippen LogP contribution is 2.22. The minimum atomic E-state index is 0.337. The van der Waals surface area contributed by atoms with Crippen LogP contribution in [0.3, 0.4) is 0 Å². The Bertz CT molecular complexity index is 442. The van der Waals surface area contributed by atoms with Crippen LogP contribution in [0.2, 0.25) is 6.82 Å². The van der Waals surface area contributed by atoms with Gasteiger partial charge in [-0.25, -0.2) is 0 Å². The summed E-state index contributed by atoms with van der Waals surface area (Å²) in [5, 5.41) is 0. The van der Waals surface area contributed by atoms with E-state index in [1.165, 1.54) is 17.9 Å². The molecule has 0 bridgehead atoms. The summed E-state index contributed by atoms with van der Waals surface area (Å²) in [6.45, 7) is 18.2. The smallest absolute Gasteiger partial charge is 0.0606 e. The predicted octanol–water partition coefficient (Wildman–Crippen LogP) is 6.65. The molecule has 0 unspecified atom stereocenters. The molecular weight excluding hydrogens is 263 g/mol. The highest BCUT2D eigenvalue weighted by Gasteiger charge is 2.10. The van der Waals surface area contributed by atoms with Crippen molar-refractivity contribution >= 4 is 13.4 Å². The highest BCUT2D eigenvalue weighted by atomic mass is 14.2. The van der Waals surface area contributed by atoms with Crippen LogP contribution in [-0.2, 0) is 6.42 Å². The van der Waals surface area contributed by atoms with Gasteiger partial charge in [-0.2, -0.15) is 0 Å². The Morgan fingerprint density at radius 1 is 1.09 bits per heavy atom. The molecule has 0 saturated heterocycles. The normalized spacial score (nSPS) is 11.1. The van der Waals surface area contributed by atoms with Gasteiger partial charge in [0.2, 0.25) is 0 Å². The van der Waals surface area contributed by atoms with Gasteiger partial charge in [0, 0.05) is 0 Å². The molecular formula is C21H33B. The maximum Gasteiger partial charge on any atom is 0.0606 e. The van der Waals surface area contributed by atoms with E-state index in [9.17, 15) is 0 Å². The van der Waals surface area contributed by atoms with E-state index in [4.69, 9.17) is 0 Å². The van der Waals surface area contributed by atoms with Gasteiger partial charge in [0.1, 0.15) is 0 Å². The Labute approximate surface area is 140 Å². The number of benzene rings is 1. The lowest BCUT2D eigenvalue weighted by Crippen LogP contribution is -2.08. The topological polar surface area (TPSA) is 0 Å². The van der Waals surface area contributed by atoms with Crippen molar-refractivity contribution in [3.05, 3.63) is 66.3 Å². The molecule has 0 saturated carbocycles. The van der Waals surface area contributed by atoms with Crippen LogP contribution in [-0.4, -0.2) is 7.85 Å². The number of rotatable bonds is 4. The van der Waals surface area contributed by atoms with Crippen LogP contribution in [0, 0.1) is 5.41 Å². The standard InChI is InChI=1S/C18H24.C2H6.CH3B/c1-6-8-9-16(7-2)17-12-10-15(11-13-17)14-18(3,4)5;2*1-2/h6-13H,2,14H2,1,3-5H3;1-2H3;1H3/b8-6-,16-9+;;. The van der Waals surface area contributed by atoms with Crippen molar-refractivity contribution in [3.63, 3.8) is 0 Å². The quantitative estimate of drug-likeness (QED) is 0.431. The van der Waals surface area contributed by atoms with Crippen LogP contribution in [0.15, 0.2) is 55.1 Å². The van der Waals surface area contributed by atoms with E-state index in [2.05, 4.69) is 65.5 Å². The third-order valence-electron chi connectivity index (χ3n) is 2.71. The number of hydrogen-bond donors (Lipinski definition) is 0. The van der Waals surface area contributed by atoms with Crippen molar-refractivity contribution in [2.24, 2.45) is 5.41 Å². The second kappa shape index (κ2) is 13.2. The Morgan fingerprint density at radius 2 is 1.59 bits per heavy atom. The minimum Gasteiger partial charge on any atom is -0.0999 e. The van der Waals surface area contributed by atoms with E-state index in [-0.39, 0.29) is 0 Å². The number of allylic oxidation sites excluding steroid dienone is 5. The molecule has 120 valence electrons. The molecule has 0 nitrogen and oxygen atoms in total. The fraction of sp³-hybridized carbons (Fsp3) is 0.429. The van der Waals surface area contributed by atoms with Gasteiger partial charge in [-0.3, -0.25) is 0 Å². The van der Waals surface area contributed by atoms with E-state index < -0.39 is 0 Å². The Balaban J connectivity index is 0. The van der Waals surface area contributed by atoms with Gasteiger partial charge in [0.25, 0.3) is 0 Å². The minimum absolute atomic E-state index is 0.337. The van der Waals surface area contributed by atoms with Gasteiger partial charge < -0.3 is 0 Å². The van der Waals surface area contributed by atoms with Gasteiger partial charge in [0.05, 0.1) is 7.85 Å². The fourth-order valence-corrected chi connectivity index (χ4v) is 1.91. The largest absolute Gasteiger partial charge is 0.0999 e. The summed E-state index contributed by atoms with van der Waals surface area (Å²) in [6, 6.07) is 8.79. The molecule has 0 spiro atoms. The van der Waals surface area contributed by atoms with Crippen molar-refractivity contribution in [2.45, 2.75) is 54.8 Å². The Hall–Kier alpha value is -1.50. The molecule has 0 aromatic heterocycles. The van der Waals surface area contributed by atoms with Crippen molar-refractivity contribution in [1.82, 2.24) is 0 Å². The van der Waals surface area contributed by atoms with E-state index in [1.54, 1.807) is 0 Å². The van der Waals surface area contributed by atoms with Crippen molar-refractivity contribution in [3.8, 4) is 0 Å². The predicted molar refractivity (Wildman–Crippen MR) is 106 cm³/mol. The molecule has 0 amide bonds. The van der Waals surface area contributed by atoms with Crippen LogP contribution in [0.1, 0.15) is 52.7 Å². The summed E-state index contributed by atoms with van der Waals surface area (Å²) in [4.78, 5) is 0. The molecule has 1 aromatic rings. The lowest BCUT2D eigenvalue weighted by molar-refractivity contribution is 0.411. The fourth-order valence-electron chi connectivity index (χ4n) is 1.91. The molecule has 0 atom stereocenters. The summed E-state index contributed by atoms with van der Waals surface area (Å²) in [6.07, 6.45) is 9.16. The second-order valence-electron chi connectivity index (χ2n) is 5.79. The Morgan fingerprint density at radius 3 is 1.95 bits per heavy atom. The SMILES string of the molecule is C=C/C(=C\C=C/C)c1ccc(CC(C)(C)C)cc1.CC.[B]C. The van der Waals surface area contributed by atoms with Gasteiger partial charge in [-0.15, -0.1) is 0 Å². The van der Waals surface area contributed by atoms with Gasteiger partial charge in [-0.1, -0.05) is 96.6 Å². The lowest BCUT2D eigenvalue weighted by Gasteiger charge is -2.18. The van der Waals surface area contributed by atoms with Gasteiger partial charge in [-0.05, 0) is 35.5 Å². The molecule has 0 aliphatic heterocycles. The van der Waals surface area contributed by atoms with Crippen molar-refractivity contribution in [2.75, 3.05) is 0 Å². The van der Waals surface area contributed by atoms with E-state index in [1.807, 2.05) is 39.0 Å². The van der Waals surface area contributed by atoms with Crippen LogP contribution in [0.4, 0.5) is 0 Å². The average Bonchev–Trinajstić information content (AvgIpc) is 2.52. The molecule has 0 heterocycles. The molecule has 0 N–H and O–H groups in total. The third kappa shape index (κ3) is 10.3. The van der Waals surface area contributed by atoms with Gasteiger partial charge >= 0.3 is 0 Å². The van der Waals surface area contributed by atoms with Crippen LogP contribution in [0.5, 0.6) is 0 Å². The lowest BCUT2D eigenvalue weighted by atomic mass is 9.87. The zero-order valence-electron chi connectivity index (χ0n) is 15.6. The molecule has 22 heavy (non-hydrogen) atoms. The maximum atomic E-state index is 4.50. The summed E-state index contributed by atoms with van der Waals surface area (Å²) >= 11 is 0. The van der Waals surface area contributed by atoms with Gasteiger partial charge in [0.15, 0.2) is 0 Å². The summed E-state index contributed by atoms with van der Waals surface area (Å²) in [7, 11) is 4.50. The molecule has 1 aromatic carbocycles. The first kappa shape index (κ1) is 22.8. The average molecular weight is 296 g/mol.